The number of likely N-dealkylation sites (tertiary alicyclic amines) is 1. The molecule has 0 bridgehead atoms. The predicted molar refractivity (Wildman–Crippen MR) is 153 cm³/mol. The van der Waals surface area contributed by atoms with Crippen molar-refractivity contribution in [2.24, 2.45) is 5.92 Å². The number of carboxylic acid groups (broad SMARTS) is 2. The quantitative estimate of drug-likeness (QED) is 0.240. The number of carbonyl (C=O) groups is 3. The fourth-order valence-corrected chi connectivity index (χ4v) is 5.84. The Morgan fingerprint density at radius 1 is 1.10 bits per heavy atom. The number of aryl methyl sites for hydroxylation is 1. The number of ether oxygens (including phenoxy) is 1. The molecule has 4 rings (SSSR count). The Morgan fingerprint density at radius 3 is 2.51 bits per heavy atom. The molecule has 0 atom stereocenters. The molecule has 9 nitrogen and oxygen atoms in total. The summed E-state index contributed by atoms with van der Waals surface area (Å²) in [5.41, 5.74) is 4.58. The number of anilines is 2. The molecule has 0 spiro atoms. The van der Waals surface area contributed by atoms with Crippen LogP contribution in [0.25, 0.3) is 10.4 Å². The van der Waals surface area contributed by atoms with Crippen molar-refractivity contribution in [3.63, 3.8) is 0 Å². The molecule has 1 saturated heterocycles. The molecule has 0 unspecified atom stereocenters. The molecule has 1 aliphatic heterocycles. The highest BCUT2D eigenvalue weighted by atomic mass is 35.5. The summed E-state index contributed by atoms with van der Waals surface area (Å²) in [5, 5.41) is 25.0. The van der Waals surface area contributed by atoms with E-state index >= 15 is 0 Å². The third kappa shape index (κ3) is 6.82. The summed E-state index contributed by atoms with van der Waals surface area (Å²) in [6.07, 6.45) is 1.74. The van der Waals surface area contributed by atoms with Gasteiger partial charge in [0, 0.05) is 31.0 Å². The lowest BCUT2D eigenvalue weighted by atomic mass is 9.97. The van der Waals surface area contributed by atoms with Gasteiger partial charge in [0.2, 0.25) is 0 Å². The first-order chi connectivity index (χ1) is 18.6. The number of halogens is 1. The minimum atomic E-state index is -1.24. The van der Waals surface area contributed by atoms with Gasteiger partial charge in [-0.3, -0.25) is 0 Å². The average molecular weight is 572 g/mol. The van der Waals surface area contributed by atoms with E-state index in [9.17, 15) is 19.5 Å². The number of amides is 2. The monoisotopic (exact) mass is 571 g/mol. The normalized spacial score (nSPS) is 13.7. The van der Waals surface area contributed by atoms with Crippen LogP contribution in [0.5, 0.6) is 5.75 Å². The molecule has 3 aromatic rings. The summed E-state index contributed by atoms with van der Waals surface area (Å²) in [6.45, 7) is 5.40. The molecule has 0 radical (unpaired) electrons. The highest BCUT2D eigenvalue weighted by Gasteiger charge is 2.26. The molecule has 2 aromatic carbocycles. The molecule has 2 heterocycles. The summed E-state index contributed by atoms with van der Waals surface area (Å²) in [7, 11) is 0. The predicted octanol–water partition coefficient (Wildman–Crippen LogP) is 6.20. The van der Waals surface area contributed by atoms with Crippen molar-refractivity contribution in [2.75, 3.05) is 36.9 Å². The first-order valence-electron chi connectivity index (χ1n) is 12.5. The van der Waals surface area contributed by atoms with E-state index in [-0.39, 0.29) is 21.7 Å². The second kappa shape index (κ2) is 12.4. The Balaban J connectivity index is 1.35. The fraction of sp³-hybridized carbons (Fsp3) is 0.321. The van der Waals surface area contributed by atoms with E-state index in [4.69, 9.17) is 21.4 Å². The molecule has 2 amide bonds. The van der Waals surface area contributed by atoms with Gasteiger partial charge in [-0.2, -0.15) is 0 Å². The van der Waals surface area contributed by atoms with Crippen LogP contribution in [-0.2, 0) is 4.79 Å². The zero-order valence-corrected chi connectivity index (χ0v) is 23.2. The molecule has 39 heavy (non-hydrogen) atoms. The summed E-state index contributed by atoms with van der Waals surface area (Å²) >= 11 is 7.36. The molecule has 0 aliphatic carbocycles. The number of nitrogens with zero attached hydrogens (tertiary/aromatic N) is 1. The molecule has 1 aliphatic rings. The van der Waals surface area contributed by atoms with Crippen molar-refractivity contribution < 1.29 is 29.3 Å². The number of urea groups is 1. The minimum Gasteiger partial charge on any atom is -0.479 e. The number of piperidine rings is 1. The Bertz CT molecular complexity index is 1380. The lowest BCUT2D eigenvalue weighted by Gasteiger charge is -2.32. The van der Waals surface area contributed by atoms with Crippen LogP contribution in [0.4, 0.5) is 16.2 Å². The number of thiophene rings is 1. The van der Waals surface area contributed by atoms with Crippen molar-refractivity contribution in [3.05, 3.63) is 63.5 Å². The topological polar surface area (TPSA) is 128 Å². The van der Waals surface area contributed by atoms with Crippen molar-refractivity contribution in [1.29, 1.82) is 0 Å². The maximum atomic E-state index is 12.8. The lowest BCUT2D eigenvalue weighted by Crippen LogP contribution is -2.42. The standard InChI is InChI=1S/C28H30ClN3O6S/c1-16-5-3-8-21(17(16)2)31-28(37)32-11-9-18(10-12-32)14-30-20-7-4-6-19(13-20)25-23(29)24(38-15-22(33)34)26(39-25)27(35)36/h3-8,13,18,30H,9-12,14-15H2,1-2H3,(H,31,37)(H,33,34)(H,35,36). The third-order valence-corrected chi connectivity index (χ3v) is 8.49. The number of hydrogen-bond donors (Lipinski definition) is 4. The minimum absolute atomic E-state index is 0.0716. The van der Waals surface area contributed by atoms with E-state index in [1.54, 1.807) is 0 Å². The van der Waals surface area contributed by atoms with Crippen LogP contribution in [0, 0.1) is 19.8 Å². The van der Waals surface area contributed by atoms with E-state index in [1.807, 2.05) is 61.2 Å². The maximum Gasteiger partial charge on any atom is 0.349 e. The van der Waals surface area contributed by atoms with Crippen LogP contribution in [0.1, 0.15) is 33.6 Å². The number of carboxylic acids is 2. The second-order valence-electron chi connectivity index (χ2n) is 9.46. The first kappa shape index (κ1) is 28.3. The van der Waals surface area contributed by atoms with Crippen LogP contribution >= 0.6 is 22.9 Å². The van der Waals surface area contributed by atoms with Crippen LogP contribution in [0.15, 0.2) is 42.5 Å². The van der Waals surface area contributed by atoms with Gasteiger partial charge in [-0.25, -0.2) is 14.4 Å². The van der Waals surface area contributed by atoms with Crippen molar-refractivity contribution >= 4 is 52.3 Å². The van der Waals surface area contributed by atoms with Gasteiger partial charge in [0.1, 0.15) is 5.02 Å². The Labute approximate surface area is 235 Å². The Kier molecular flexibility index (Phi) is 8.98. The van der Waals surface area contributed by atoms with Gasteiger partial charge in [0.05, 0.1) is 4.88 Å². The van der Waals surface area contributed by atoms with Crippen LogP contribution < -0.4 is 15.4 Å². The van der Waals surface area contributed by atoms with Crippen molar-refractivity contribution in [2.45, 2.75) is 26.7 Å². The molecule has 206 valence electrons. The molecule has 1 aromatic heterocycles. The van der Waals surface area contributed by atoms with Crippen LogP contribution in [-0.4, -0.2) is 59.3 Å². The number of nitrogens with one attached hydrogen (secondary N) is 2. The lowest BCUT2D eigenvalue weighted by molar-refractivity contribution is -0.139. The van der Waals surface area contributed by atoms with Gasteiger partial charge in [-0.15, -0.1) is 11.3 Å². The smallest absolute Gasteiger partial charge is 0.349 e. The number of aromatic carboxylic acids is 1. The molecular formula is C28H30ClN3O6S. The van der Waals surface area contributed by atoms with E-state index in [1.165, 1.54) is 0 Å². The SMILES string of the molecule is Cc1cccc(NC(=O)N2CCC(CNc3cccc(-c4sc(C(=O)O)c(OCC(=O)O)c4Cl)c3)CC2)c1C. The van der Waals surface area contributed by atoms with Crippen LogP contribution in [0.2, 0.25) is 5.02 Å². The number of carbonyl (C=O) groups excluding carboxylic acids is 1. The van der Waals surface area contributed by atoms with Gasteiger partial charge in [0.25, 0.3) is 0 Å². The number of benzene rings is 2. The van der Waals surface area contributed by atoms with Crippen molar-refractivity contribution in [1.82, 2.24) is 4.90 Å². The van der Waals surface area contributed by atoms with Gasteiger partial charge in [-0.1, -0.05) is 35.9 Å². The maximum absolute atomic E-state index is 12.8. The summed E-state index contributed by atoms with van der Waals surface area (Å²) < 4.78 is 5.17. The molecule has 0 saturated carbocycles. The highest BCUT2D eigenvalue weighted by Crippen LogP contribution is 2.46. The Morgan fingerprint density at radius 2 is 1.82 bits per heavy atom. The highest BCUT2D eigenvalue weighted by molar-refractivity contribution is 7.18. The van der Waals surface area contributed by atoms with E-state index < -0.39 is 18.5 Å². The Hall–Kier alpha value is -3.76. The van der Waals surface area contributed by atoms with Gasteiger partial charge in [0.15, 0.2) is 17.2 Å². The first-order valence-corrected chi connectivity index (χ1v) is 13.7. The van der Waals surface area contributed by atoms with Gasteiger partial charge < -0.3 is 30.5 Å². The molecule has 11 heteroatoms. The second-order valence-corrected chi connectivity index (χ2v) is 10.9. The molecular weight excluding hydrogens is 542 g/mol. The summed E-state index contributed by atoms with van der Waals surface area (Å²) in [5.74, 6) is -2.22. The van der Waals surface area contributed by atoms with E-state index in [0.717, 1.165) is 53.2 Å². The summed E-state index contributed by atoms with van der Waals surface area (Å²) in [4.78, 5) is 37.5. The zero-order valence-electron chi connectivity index (χ0n) is 21.6. The molecule has 4 N–H and O–H groups in total. The number of aliphatic carboxylic acids is 1. The largest absolute Gasteiger partial charge is 0.479 e. The average Bonchev–Trinajstić information content (AvgIpc) is 3.25. The number of rotatable bonds is 9. The van der Waals surface area contributed by atoms with Crippen LogP contribution in [0.3, 0.4) is 0 Å². The zero-order chi connectivity index (χ0) is 28.1. The summed E-state index contributed by atoms with van der Waals surface area (Å²) in [6, 6.07) is 13.2. The van der Waals surface area contributed by atoms with Gasteiger partial charge in [-0.05, 0) is 67.5 Å². The number of hydrogen-bond acceptors (Lipinski definition) is 6. The molecule has 1 fully saturated rings. The van der Waals surface area contributed by atoms with E-state index in [2.05, 4.69) is 10.6 Å². The third-order valence-electron chi connectivity index (χ3n) is 6.81. The fourth-order valence-electron chi connectivity index (χ4n) is 4.44. The van der Waals surface area contributed by atoms with E-state index in [0.29, 0.717) is 29.4 Å². The van der Waals surface area contributed by atoms with Gasteiger partial charge >= 0.3 is 18.0 Å². The van der Waals surface area contributed by atoms with Crippen molar-refractivity contribution in [3.8, 4) is 16.2 Å².